The molecule has 9 heteroatoms. The summed E-state index contributed by atoms with van der Waals surface area (Å²) >= 11 is 8.41. The molecular formula is C21H19ClN4O2S2. The van der Waals surface area contributed by atoms with Crippen LogP contribution in [0.4, 0.5) is 10.8 Å². The van der Waals surface area contributed by atoms with Gasteiger partial charge in [0.1, 0.15) is 0 Å². The lowest BCUT2D eigenvalue weighted by Gasteiger charge is -2.13. The van der Waals surface area contributed by atoms with Gasteiger partial charge in [0, 0.05) is 16.8 Å². The van der Waals surface area contributed by atoms with Gasteiger partial charge in [0.05, 0.1) is 5.25 Å². The molecule has 2 amide bonds. The maximum Gasteiger partial charge on any atom is 0.250 e. The van der Waals surface area contributed by atoms with E-state index in [-0.39, 0.29) is 17.1 Å². The average molecular weight is 459 g/mol. The summed E-state index contributed by atoms with van der Waals surface area (Å²) in [5.74, 6) is -0.421. The molecule has 30 heavy (non-hydrogen) atoms. The number of nitrogens with zero attached hydrogens (tertiary/aromatic N) is 2. The Labute approximate surface area is 187 Å². The van der Waals surface area contributed by atoms with Crippen molar-refractivity contribution in [2.75, 3.05) is 10.6 Å². The smallest absolute Gasteiger partial charge is 0.250 e. The van der Waals surface area contributed by atoms with Crippen molar-refractivity contribution in [2.45, 2.75) is 22.9 Å². The molecule has 0 fully saturated rings. The average Bonchev–Trinajstić information content (AvgIpc) is 3.19. The lowest BCUT2D eigenvalue weighted by atomic mass is 10.2. The summed E-state index contributed by atoms with van der Waals surface area (Å²) in [7, 11) is 0. The Hall–Kier alpha value is -2.68. The molecule has 2 N–H and O–H groups in total. The van der Waals surface area contributed by atoms with Crippen LogP contribution in [-0.4, -0.2) is 27.3 Å². The van der Waals surface area contributed by atoms with E-state index < -0.39 is 0 Å². The second-order valence-corrected chi connectivity index (χ2v) is 8.98. The van der Waals surface area contributed by atoms with Crippen LogP contribution in [0.15, 0.2) is 65.0 Å². The molecule has 3 rings (SSSR count). The van der Waals surface area contributed by atoms with Crippen LogP contribution < -0.4 is 10.6 Å². The van der Waals surface area contributed by atoms with Crippen LogP contribution in [0.25, 0.3) is 6.08 Å². The van der Waals surface area contributed by atoms with Crippen molar-refractivity contribution >= 4 is 63.4 Å². The molecule has 0 aliphatic heterocycles. The van der Waals surface area contributed by atoms with Gasteiger partial charge < -0.3 is 5.32 Å². The number of amides is 2. The molecule has 6 nitrogen and oxygen atoms in total. The van der Waals surface area contributed by atoms with Crippen molar-refractivity contribution in [3.05, 3.63) is 71.3 Å². The monoisotopic (exact) mass is 458 g/mol. The number of carbonyl (C=O) groups excluding carboxylic acids is 2. The van der Waals surface area contributed by atoms with Crippen molar-refractivity contribution in [1.29, 1.82) is 0 Å². The summed E-state index contributed by atoms with van der Waals surface area (Å²) in [5.41, 5.74) is 1.61. The van der Waals surface area contributed by atoms with Crippen molar-refractivity contribution < 1.29 is 9.59 Å². The number of thioether (sulfide) groups is 1. The standard InChI is InChI=1S/C21H19ClN4O2S2/c1-2-17(19(28)23-16-11-9-15(22)10-12-16)29-21-26-25-20(30-21)24-18(27)13-8-14-6-4-3-5-7-14/h3-13,17H,2H2,1H3,(H,23,28)(H,24,25,27)/b13-8+. The van der Waals surface area contributed by atoms with Gasteiger partial charge in [0.15, 0.2) is 4.34 Å². The molecule has 0 aliphatic rings. The summed E-state index contributed by atoms with van der Waals surface area (Å²) in [6.07, 6.45) is 3.78. The number of carbonyl (C=O) groups is 2. The van der Waals surface area contributed by atoms with Gasteiger partial charge in [-0.25, -0.2) is 0 Å². The van der Waals surface area contributed by atoms with Crippen molar-refractivity contribution in [3.63, 3.8) is 0 Å². The van der Waals surface area contributed by atoms with E-state index in [2.05, 4.69) is 20.8 Å². The zero-order chi connectivity index (χ0) is 21.3. The molecule has 0 spiro atoms. The van der Waals surface area contributed by atoms with Gasteiger partial charge in [-0.3, -0.25) is 14.9 Å². The van der Waals surface area contributed by atoms with Gasteiger partial charge in [-0.2, -0.15) is 0 Å². The molecule has 3 aromatic rings. The van der Waals surface area contributed by atoms with Crippen LogP contribution in [0.5, 0.6) is 0 Å². The predicted octanol–water partition coefficient (Wildman–Crippen LogP) is 5.35. The minimum atomic E-state index is -0.338. The highest BCUT2D eigenvalue weighted by Gasteiger charge is 2.20. The quantitative estimate of drug-likeness (QED) is 0.270. The second-order valence-electron chi connectivity index (χ2n) is 6.12. The molecule has 154 valence electrons. The van der Waals surface area contributed by atoms with E-state index >= 15 is 0 Å². The van der Waals surface area contributed by atoms with Gasteiger partial charge in [-0.1, -0.05) is 72.0 Å². The number of aromatic nitrogens is 2. The highest BCUT2D eigenvalue weighted by molar-refractivity contribution is 8.02. The molecule has 1 unspecified atom stereocenters. The number of nitrogens with one attached hydrogen (secondary N) is 2. The Morgan fingerprint density at radius 3 is 2.53 bits per heavy atom. The van der Waals surface area contributed by atoms with Crippen molar-refractivity contribution in [3.8, 4) is 0 Å². The van der Waals surface area contributed by atoms with Crippen molar-refractivity contribution in [1.82, 2.24) is 10.2 Å². The van der Waals surface area contributed by atoms with E-state index in [0.29, 0.717) is 26.6 Å². The molecule has 1 aromatic heterocycles. The number of rotatable bonds is 8. The number of halogens is 1. The zero-order valence-corrected chi connectivity index (χ0v) is 18.4. The zero-order valence-electron chi connectivity index (χ0n) is 16.0. The molecule has 0 aliphatic carbocycles. The minimum absolute atomic E-state index is 0.128. The Morgan fingerprint density at radius 2 is 1.83 bits per heavy atom. The number of hydrogen-bond acceptors (Lipinski definition) is 6. The van der Waals surface area contributed by atoms with E-state index in [0.717, 1.165) is 5.56 Å². The largest absolute Gasteiger partial charge is 0.325 e. The fraction of sp³-hybridized carbons (Fsp3) is 0.143. The lowest BCUT2D eigenvalue weighted by Crippen LogP contribution is -2.24. The minimum Gasteiger partial charge on any atom is -0.325 e. The van der Waals surface area contributed by atoms with Gasteiger partial charge in [-0.15, -0.1) is 10.2 Å². The number of benzene rings is 2. The molecule has 2 aromatic carbocycles. The predicted molar refractivity (Wildman–Crippen MR) is 124 cm³/mol. The first kappa shape index (κ1) is 22.0. The van der Waals surface area contributed by atoms with Gasteiger partial charge in [-0.05, 0) is 42.3 Å². The van der Waals surface area contributed by atoms with Crippen LogP contribution in [0.3, 0.4) is 0 Å². The Kier molecular flexibility index (Phi) is 8.01. The number of anilines is 2. The van der Waals surface area contributed by atoms with Crippen LogP contribution in [0, 0.1) is 0 Å². The van der Waals surface area contributed by atoms with E-state index in [1.807, 2.05) is 37.3 Å². The lowest BCUT2D eigenvalue weighted by molar-refractivity contribution is -0.115. The first-order valence-corrected chi connectivity index (χ1v) is 11.2. The summed E-state index contributed by atoms with van der Waals surface area (Å²) < 4.78 is 0.607. The summed E-state index contributed by atoms with van der Waals surface area (Å²) in [6.45, 7) is 1.93. The molecule has 0 saturated carbocycles. The fourth-order valence-corrected chi connectivity index (χ4v) is 4.44. The first-order chi connectivity index (χ1) is 14.5. The van der Waals surface area contributed by atoms with Crippen LogP contribution in [-0.2, 0) is 9.59 Å². The van der Waals surface area contributed by atoms with Crippen molar-refractivity contribution in [2.24, 2.45) is 0 Å². The maximum absolute atomic E-state index is 12.6. The second kappa shape index (κ2) is 10.9. The van der Waals surface area contributed by atoms with Gasteiger partial charge in [0.25, 0.3) is 0 Å². The van der Waals surface area contributed by atoms with Crippen LogP contribution in [0.2, 0.25) is 5.02 Å². The molecule has 0 radical (unpaired) electrons. The summed E-state index contributed by atoms with van der Waals surface area (Å²) in [6, 6.07) is 16.5. The molecule has 1 atom stereocenters. The summed E-state index contributed by atoms with van der Waals surface area (Å²) in [4.78, 5) is 24.6. The highest BCUT2D eigenvalue weighted by Crippen LogP contribution is 2.31. The van der Waals surface area contributed by atoms with E-state index in [1.165, 1.54) is 29.2 Å². The van der Waals surface area contributed by atoms with E-state index in [4.69, 9.17) is 11.6 Å². The van der Waals surface area contributed by atoms with Crippen LogP contribution in [0.1, 0.15) is 18.9 Å². The highest BCUT2D eigenvalue weighted by atomic mass is 35.5. The normalized spacial score (nSPS) is 11.9. The topological polar surface area (TPSA) is 84.0 Å². The third-order valence-electron chi connectivity index (χ3n) is 3.88. The third-order valence-corrected chi connectivity index (χ3v) is 6.42. The molecule has 1 heterocycles. The first-order valence-electron chi connectivity index (χ1n) is 9.14. The Morgan fingerprint density at radius 1 is 1.10 bits per heavy atom. The Balaban J connectivity index is 1.55. The van der Waals surface area contributed by atoms with Gasteiger partial charge in [0.2, 0.25) is 16.9 Å². The molecule has 0 saturated heterocycles. The number of hydrogen-bond donors (Lipinski definition) is 2. The summed E-state index contributed by atoms with van der Waals surface area (Å²) in [5, 5.41) is 14.3. The third kappa shape index (κ3) is 6.69. The maximum atomic E-state index is 12.6. The van der Waals surface area contributed by atoms with E-state index in [9.17, 15) is 9.59 Å². The van der Waals surface area contributed by atoms with E-state index in [1.54, 1.807) is 30.3 Å². The molecular weight excluding hydrogens is 440 g/mol. The SMILES string of the molecule is CCC(Sc1nnc(NC(=O)/C=C/c2ccccc2)s1)C(=O)Nc1ccc(Cl)cc1. The Bertz CT molecular complexity index is 1020. The fourth-order valence-electron chi connectivity index (χ4n) is 2.39. The van der Waals surface area contributed by atoms with Crippen LogP contribution >= 0.6 is 34.7 Å². The molecule has 0 bridgehead atoms. The van der Waals surface area contributed by atoms with Gasteiger partial charge >= 0.3 is 0 Å².